The van der Waals surface area contributed by atoms with Crippen molar-refractivity contribution in [3.63, 3.8) is 0 Å². The molecule has 1 aromatic carbocycles. The van der Waals surface area contributed by atoms with Gasteiger partial charge in [0, 0.05) is 24.5 Å². The maximum atomic E-state index is 12.6. The van der Waals surface area contributed by atoms with Crippen molar-refractivity contribution in [2.75, 3.05) is 13.7 Å². The Morgan fingerprint density at radius 3 is 2.75 bits per heavy atom. The summed E-state index contributed by atoms with van der Waals surface area (Å²) in [4.78, 5) is 25.2. The molecule has 1 aliphatic rings. The number of carbonyl (C=O) groups excluding carboxylic acids is 1. The monoisotopic (exact) mass is 341 g/mol. The maximum Gasteiger partial charge on any atom is 0.326 e. The van der Waals surface area contributed by atoms with E-state index in [-0.39, 0.29) is 12.0 Å². The molecule has 0 aliphatic carbocycles. The second-order valence-electron chi connectivity index (χ2n) is 4.89. The van der Waals surface area contributed by atoms with Crippen LogP contribution < -0.4 is 0 Å². The number of carboxylic acids is 1. The predicted octanol–water partition coefficient (Wildman–Crippen LogP) is 2.07. The minimum atomic E-state index is -0.998. The largest absolute Gasteiger partial charge is 0.480 e. The molecule has 0 bridgehead atoms. The van der Waals surface area contributed by atoms with E-state index >= 15 is 0 Å². The first-order chi connectivity index (χ1) is 9.43. The zero-order valence-electron chi connectivity index (χ0n) is 11.3. The standard InChI is InChI=1S/C14H16BrNO4/c1-8-3-4-11(15)10(5-8)13(17)16-7-9(20-2)6-12(16)14(18)19/h3-5,9,12H,6-7H2,1-2H3,(H,18,19)/t9-,12-/m0/s1. The highest BCUT2D eigenvalue weighted by Crippen LogP contribution is 2.26. The van der Waals surface area contributed by atoms with Gasteiger partial charge in [0.2, 0.25) is 0 Å². The van der Waals surface area contributed by atoms with Crippen molar-refractivity contribution in [3.8, 4) is 0 Å². The molecule has 0 aromatic heterocycles. The summed E-state index contributed by atoms with van der Waals surface area (Å²) in [6.07, 6.45) is 0.0877. The predicted molar refractivity (Wildman–Crippen MR) is 76.8 cm³/mol. The van der Waals surface area contributed by atoms with E-state index in [0.29, 0.717) is 23.0 Å². The average molecular weight is 342 g/mol. The van der Waals surface area contributed by atoms with Crippen LogP contribution in [-0.2, 0) is 9.53 Å². The van der Waals surface area contributed by atoms with Crippen molar-refractivity contribution in [1.82, 2.24) is 4.90 Å². The fourth-order valence-electron chi connectivity index (χ4n) is 2.38. The van der Waals surface area contributed by atoms with Gasteiger partial charge >= 0.3 is 5.97 Å². The zero-order chi connectivity index (χ0) is 14.9. The Morgan fingerprint density at radius 1 is 1.45 bits per heavy atom. The van der Waals surface area contributed by atoms with Crippen molar-refractivity contribution in [2.24, 2.45) is 0 Å². The number of aryl methyl sites for hydroxylation is 1. The number of likely N-dealkylation sites (tertiary alicyclic amines) is 1. The van der Waals surface area contributed by atoms with E-state index in [2.05, 4.69) is 15.9 Å². The Hall–Kier alpha value is -1.40. The molecule has 5 nitrogen and oxygen atoms in total. The van der Waals surface area contributed by atoms with E-state index in [1.54, 1.807) is 12.1 Å². The summed E-state index contributed by atoms with van der Waals surface area (Å²) >= 11 is 3.34. The van der Waals surface area contributed by atoms with Gasteiger partial charge in [0.25, 0.3) is 5.91 Å². The normalized spacial score (nSPS) is 22.1. The van der Waals surface area contributed by atoms with Gasteiger partial charge in [-0.2, -0.15) is 0 Å². The molecule has 2 atom stereocenters. The number of hydrogen-bond acceptors (Lipinski definition) is 3. The van der Waals surface area contributed by atoms with Crippen LogP contribution in [0.15, 0.2) is 22.7 Å². The second kappa shape index (κ2) is 5.93. The molecule has 6 heteroatoms. The van der Waals surface area contributed by atoms with E-state index in [0.717, 1.165) is 5.56 Å². The highest BCUT2D eigenvalue weighted by atomic mass is 79.9. The topological polar surface area (TPSA) is 66.8 Å². The molecule has 1 aliphatic heterocycles. The molecular weight excluding hydrogens is 326 g/mol. The molecule has 1 aromatic rings. The number of amides is 1. The van der Waals surface area contributed by atoms with Gasteiger partial charge in [0.05, 0.1) is 11.7 Å². The van der Waals surface area contributed by atoms with Gasteiger partial charge in [-0.25, -0.2) is 4.79 Å². The number of carboxylic acid groups (broad SMARTS) is 1. The van der Waals surface area contributed by atoms with E-state index in [1.165, 1.54) is 12.0 Å². The Kier molecular flexibility index (Phi) is 4.45. The van der Waals surface area contributed by atoms with Gasteiger partial charge in [-0.15, -0.1) is 0 Å². The average Bonchev–Trinajstić information content (AvgIpc) is 2.85. The highest BCUT2D eigenvalue weighted by Gasteiger charge is 2.40. The number of carbonyl (C=O) groups is 2. The van der Waals surface area contributed by atoms with Crippen LogP contribution in [0.25, 0.3) is 0 Å². The number of methoxy groups -OCH3 is 1. The third-order valence-electron chi connectivity index (χ3n) is 3.49. The number of halogens is 1. The summed E-state index contributed by atoms with van der Waals surface area (Å²) in [6, 6.07) is 4.60. The number of nitrogens with zero attached hydrogens (tertiary/aromatic N) is 1. The molecule has 108 valence electrons. The minimum absolute atomic E-state index is 0.233. The maximum absolute atomic E-state index is 12.6. The zero-order valence-corrected chi connectivity index (χ0v) is 12.9. The lowest BCUT2D eigenvalue weighted by Gasteiger charge is -2.22. The SMILES string of the molecule is CO[C@H]1C[C@@H](C(=O)O)N(C(=O)c2cc(C)ccc2Br)C1. The van der Waals surface area contributed by atoms with Crippen molar-refractivity contribution in [1.29, 1.82) is 0 Å². The lowest BCUT2D eigenvalue weighted by Crippen LogP contribution is -2.40. The molecule has 1 heterocycles. The van der Waals surface area contributed by atoms with Crippen LogP contribution in [0.1, 0.15) is 22.3 Å². The second-order valence-corrected chi connectivity index (χ2v) is 5.74. The van der Waals surface area contributed by atoms with Gasteiger partial charge in [0.15, 0.2) is 0 Å². The summed E-state index contributed by atoms with van der Waals surface area (Å²) in [6.45, 7) is 2.19. The van der Waals surface area contributed by atoms with Crippen LogP contribution in [0.5, 0.6) is 0 Å². The van der Waals surface area contributed by atoms with Gasteiger partial charge in [-0.05, 0) is 35.0 Å². The van der Waals surface area contributed by atoms with Gasteiger partial charge < -0.3 is 14.7 Å². The van der Waals surface area contributed by atoms with Gasteiger partial charge in [-0.1, -0.05) is 11.6 Å². The van der Waals surface area contributed by atoms with Crippen molar-refractivity contribution in [2.45, 2.75) is 25.5 Å². The third-order valence-corrected chi connectivity index (χ3v) is 4.19. The van der Waals surface area contributed by atoms with Crippen molar-refractivity contribution >= 4 is 27.8 Å². The minimum Gasteiger partial charge on any atom is -0.480 e. The molecule has 2 rings (SSSR count). The summed E-state index contributed by atoms with van der Waals surface area (Å²) < 4.78 is 5.86. The number of benzene rings is 1. The van der Waals surface area contributed by atoms with Crippen LogP contribution in [0.2, 0.25) is 0 Å². The molecule has 20 heavy (non-hydrogen) atoms. The number of rotatable bonds is 3. The summed E-state index contributed by atoms with van der Waals surface area (Å²) in [5.41, 5.74) is 1.43. The lowest BCUT2D eigenvalue weighted by molar-refractivity contribution is -0.141. The molecule has 0 unspecified atom stereocenters. The molecule has 1 amide bonds. The number of ether oxygens (including phenoxy) is 1. The fraction of sp³-hybridized carbons (Fsp3) is 0.429. The van der Waals surface area contributed by atoms with Crippen LogP contribution >= 0.6 is 15.9 Å². The summed E-state index contributed by atoms with van der Waals surface area (Å²) in [7, 11) is 1.53. The quantitative estimate of drug-likeness (QED) is 0.913. The van der Waals surface area contributed by atoms with Crippen molar-refractivity contribution < 1.29 is 19.4 Å². The lowest BCUT2D eigenvalue weighted by atomic mass is 10.1. The summed E-state index contributed by atoms with van der Waals surface area (Å²) in [5.74, 6) is -1.28. The van der Waals surface area contributed by atoms with Crippen LogP contribution in [-0.4, -0.2) is 47.7 Å². The molecule has 1 fully saturated rings. The van der Waals surface area contributed by atoms with Gasteiger partial charge in [0.1, 0.15) is 6.04 Å². The molecule has 0 radical (unpaired) electrons. The van der Waals surface area contributed by atoms with E-state index < -0.39 is 12.0 Å². The Balaban J connectivity index is 2.31. The fourth-order valence-corrected chi connectivity index (χ4v) is 2.80. The smallest absolute Gasteiger partial charge is 0.326 e. The van der Waals surface area contributed by atoms with E-state index in [4.69, 9.17) is 4.74 Å². The molecule has 1 N–H and O–H groups in total. The third kappa shape index (κ3) is 2.86. The Bertz CT molecular complexity index is 546. The van der Waals surface area contributed by atoms with Crippen LogP contribution in [0.3, 0.4) is 0 Å². The van der Waals surface area contributed by atoms with E-state index in [9.17, 15) is 14.7 Å². The number of aliphatic carboxylic acids is 1. The first-order valence-corrected chi connectivity index (χ1v) is 7.06. The molecule has 0 saturated carbocycles. The van der Waals surface area contributed by atoms with Crippen LogP contribution in [0, 0.1) is 6.92 Å². The van der Waals surface area contributed by atoms with Crippen LogP contribution in [0.4, 0.5) is 0 Å². The number of hydrogen-bond donors (Lipinski definition) is 1. The van der Waals surface area contributed by atoms with E-state index in [1.807, 2.05) is 13.0 Å². The Labute approximate surface area is 125 Å². The first-order valence-electron chi connectivity index (χ1n) is 6.26. The summed E-state index contributed by atoms with van der Waals surface area (Å²) in [5, 5.41) is 9.26. The Morgan fingerprint density at radius 2 is 2.15 bits per heavy atom. The van der Waals surface area contributed by atoms with Crippen molar-refractivity contribution in [3.05, 3.63) is 33.8 Å². The van der Waals surface area contributed by atoms with Gasteiger partial charge in [-0.3, -0.25) is 4.79 Å². The molecule has 0 spiro atoms. The molecule has 1 saturated heterocycles. The highest BCUT2D eigenvalue weighted by molar-refractivity contribution is 9.10. The first kappa shape index (κ1) is 15.0. The molecular formula is C14H16BrNO4.